The Morgan fingerprint density at radius 1 is 1.38 bits per heavy atom. The fourth-order valence-electron chi connectivity index (χ4n) is 3.19. The summed E-state index contributed by atoms with van der Waals surface area (Å²) in [6, 6.07) is 10.9. The Hall–Kier alpha value is -3.17. The van der Waals surface area contributed by atoms with Crippen molar-refractivity contribution in [3.05, 3.63) is 83.4 Å². The van der Waals surface area contributed by atoms with Gasteiger partial charge < -0.3 is 5.11 Å². The summed E-state index contributed by atoms with van der Waals surface area (Å²) in [5.41, 5.74) is 1.59. The van der Waals surface area contributed by atoms with Gasteiger partial charge in [0.25, 0.3) is 0 Å². The van der Waals surface area contributed by atoms with E-state index in [1.807, 2.05) is 0 Å². The number of aromatic nitrogens is 3. The first-order valence-corrected chi connectivity index (χ1v) is 8.75. The molecule has 3 aromatic rings. The standard InChI is InChI=1S/C20H20F2N5O2/c1-13(14-4-3-5-15(8-14)19(23)26-29-2)20(28,10-27-12-24-11-25-27)17-7-6-16(21)9-18(17)22/h3-4,6-9,11-13,28H,10H2,1-2H3,(H2,23,26). The molecule has 3 rings (SSSR count). The molecule has 2 unspecified atom stereocenters. The minimum Gasteiger partial charge on any atom is -0.382 e. The van der Waals surface area contributed by atoms with Crippen molar-refractivity contribution < 1.29 is 18.7 Å². The molecule has 29 heavy (non-hydrogen) atoms. The smallest absolute Gasteiger partial charge is 0.150 e. The second kappa shape index (κ2) is 8.46. The number of rotatable bonds is 7. The van der Waals surface area contributed by atoms with Gasteiger partial charge in [0.1, 0.15) is 35.7 Å². The number of nitrogens with zero attached hydrogens (tertiary/aromatic N) is 3. The maximum Gasteiger partial charge on any atom is 0.150 e. The molecule has 0 saturated carbocycles. The van der Waals surface area contributed by atoms with Crippen LogP contribution in [0.2, 0.25) is 0 Å². The van der Waals surface area contributed by atoms with E-state index in [4.69, 9.17) is 10.2 Å². The summed E-state index contributed by atoms with van der Waals surface area (Å²) in [6.45, 7) is 1.60. The predicted octanol–water partition coefficient (Wildman–Crippen LogP) is 2.52. The van der Waals surface area contributed by atoms with E-state index in [2.05, 4.69) is 21.6 Å². The van der Waals surface area contributed by atoms with Gasteiger partial charge in [0.05, 0.1) is 13.7 Å². The maximum atomic E-state index is 14.6. The van der Waals surface area contributed by atoms with Crippen molar-refractivity contribution in [3.8, 4) is 0 Å². The average molecular weight is 400 g/mol. The summed E-state index contributed by atoms with van der Waals surface area (Å²) in [6.07, 6.45) is 2.71. The molecule has 0 amide bonds. The quantitative estimate of drug-likeness (QED) is 0.322. The first-order chi connectivity index (χ1) is 13.8. The molecule has 0 aliphatic rings. The monoisotopic (exact) mass is 400 g/mol. The van der Waals surface area contributed by atoms with Crippen molar-refractivity contribution in [1.29, 1.82) is 5.41 Å². The highest BCUT2D eigenvalue weighted by molar-refractivity contribution is 5.95. The Balaban J connectivity index is 2.06. The Morgan fingerprint density at radius 2 is 2.17 bits per heavy atom. The molecule has 0 aliphatic heterocycles. The van der Waals surface area contributed by atoms with E-state index in [9.17, 15) is 13.9 Å². The van der Waals surface area contributed by atoms with Crippen LogP contribution in [0.5, 0.6) is 0 Å². The van der Waals surface area contributed by atoms with Crippen LogP contribution in [-0.2, 0) is 17.0 Å². The lowest BCUT2D eigenvalue weighted by atomic mass is 9.77. The molecule has 0 aliphatic carbocycles. The first-order valence-electron chi connectivity index (χ1n) is 8.75. The van der Waals surface area contributed by atoms with E-state index in [1.165, 1.54) is 30.5 Å². The first kappa shape index (κ1) is 20.6. The summed E-state index contributed by atoms with van der Waals surface area (Å²) in [5, 5.41) is 23.6. The van der Waals surface area contributed by atoms with Gasteiger partial charge in [0, 0.05) is 23.1 Å². The molecule has 1 heterocycles. The van der Waals surface area contributed by atoms with E-state index in [0.29, 0.717) is 11.1 Å². The lowest BCUT2D eigenvalue weighted by Crippen LogP contribution is -2.38. The lowest BCUT2D eigenvalue weighted by Gasteiger charge is -2.35. The van der Waals surface area contributed by atoms with E-state index in [1.54, 1.807) is 25.1 Å². The fourth-order valence-corrected chi connectivity index (χ4v) is 3.19. The molecule has 2 atom stereocenters. The Bertz CT molecular complexity index is 996. The van der Waals surface area contributed by atoms with Crippen molar-refractivity contribution in [2.75, 3.05) is 7.11 Å². The summed E-state index contributed by atoms with van der Waals surface area (Å²) in [4.78, 5) is 8.60. The Labute approximate surface area is 166 Å². The van der Waals surface area contributed by atoms with Crippen LogP contribution in [0, 0.1) is 23.1 Å². The summed E-state index contributed by atoms with van der Waals surface area (Å²) >= 11 is 0. The van der Waals surface area contributed by atoms with E-state index >= 15 is 0 Å². The second-order valence-electron chi connectivity index (χ2n) is 6.58. The largest absolute Gasteiger partial charge is 0.382 e. The Morgan fingerprint density at radius 3 is 2.83 bits per heavy atom. The van der Waals surface area contributed by atoms with E-state index in [-0.39, 0.29) is 17.9 Å². The van der Waals surface area contributed by atoms with Crippen LogP contribution in [0.25, 0.3) is 0 Å². The van der Waals surface area contributed by atoms with Crippen LogP contribution in [0.4, 0.5) is 8.78 Å². The van der Waals surface area contributed by atoms with Crippen molar-refractivity contribution in [3.63, 3.8) is 0 Å². The number of amidine groups is 1. The molecule has 0 bridgehead atoms. The lowest BCUT2D eigenvalue weighted by molar-refractivity contribution is -0.0112. The third-order valence-electron chi connectivity index (χ3n) is 4.78. The average Bonchev–Trinajstić information content (AvgIpc) is 3.20. The molecule has 0 fully saturated rings. The number of halogens is 2. The van der Waals surface area contributed by atoms with Crippen LogP contribution in [0.15, 0.2) is 49.1 Å². The summed E-state index contributed by atoms with van der Waals surface area (Å²) in [5.74, 6) is -2.28. The third kappa shape index (κ3) is 4.30. The SMILES string of the molecule is CONC(=N)c1[c]ccc(C(C)C(O)(Cn2cncn2)c2ccc(F)cc2F)c1. The van der Waals surface area contributed by atoms with Crippen LogP contribution < -0.4 is 5.48 Å². The zero-order chi connectivity index (χ0) is 21.0. The van der Waals surface area contributed by atoms with Crippen LogP contribution in [0.1, 0.15) is 29.5 Å². The highest BCUT2D eigenvalue weighted by Gasteiger charge is 2.40. The number of benzene rings is 2. The Kier molecular flexibility index (Phi) is 6.00. The molecule has 9 heteroatoms. The molecule has 1 radical (unpaired) electrons. The van der Waals surface area contributed by atoms with Gasteiger partial charge in [-0.05, 0) is 23.8 Å². The van der Waals surface area contributed by atoms with Gasteiger partial charge in [-0.3, -0.25) is 10.2 Å². The number of nitrogens with one attached hydrogen (secondary N) is 2. The van der Waals surface area contributed by atoms with Gasteiger partial charge in [-0.2, -0.15) is 5.10 Å². The molecule has 0 saturated heterocycles. The second-order valence-corrected chi connectivity index (χ2v) is 6.58. The minimum absolute atomic E-state index is 0.0191. The van der Waals surface area contributed by atoms with Crippen molar-refractivity contribution >= 4 is 5.84 Å². The van der Waals surface area contributed by atoms with Gasteiger partial charge in [-0.25, -0.2) is 23.9 Å². The minimum atomic E-state index is -1.78. The summed E-state index contributed by atoms with van der Waals surface area (Å²) in [7, 11) is 1.38. The van der Waals surface area contributed by atoms with Crippen molar-refractivity contribution in [2.24, 2.45) is 0 Å². The zero-order valence-electron chi connectivity index (χ0n) is 15.9. The third-order valence-corrected chi connectivity index (χ3v) is 4.78. The molecular weight excluding hydrogens is 380 g/mol. The highest BCUT2D eigenvalue weighted by Crippen LogP contribution is 2.39. The van der Waals surface area contributed by atoms with E-state index in [0.717, 1.165) is 12.1 Å². The van der Waals surface area contributed by atoms with E-state index < -0.39 is 23.2 Å². The molecule has 0 spiro atoms. The van der Waals surface area contributed by atoms with Crippen molar-refractivity contribution in [1.82, 2.24) is 20.2 Å². The number of hydrogen-bond acceptors (Lipinski definition) is 5. The van der Waals surface area contributed by atoms with Gasteiger partial charge >= 0.3 is 0 Å². The van der Waals surface area contributed by atoms with Crippen molar-refractivity contribution in [2.45, 2.75) is 25.0 Å². The molecule has 1 aromatic heterocycles. The molecule has 7 nitrogen and oxygen atoms in total. The van der Waals surface area contributed by atoms with Gasteiger partial charge in [0.2, 0.25) is 0 Å². The molecule has 3 N–H and O–H groups in total. The highest BCUT2D eigenvalue weighted by atomic mass is 19.1. The molecule has 151 valence electrons. The number of hydroxylamine groups is 1. The van der Waals surface area contributed by atoms with Crippen LogP contribution in [0.3, 0.4) is 0 Å². The summed E-state index contributed by atoms with van der Waals surface area (Å²) < 4.78 is 29.5. The van der Waals surface area contributed by atoms with Gasteiger partial charge in [-0.1, -0.05) is 25.1 Å². The van der Waals surface area contributed by atoms with Gasteiger partial charge in [-0.15, -0.1) is 0 Å². The topological polar surface area (TPSA) is 96.1 Å². The molecular formula is C20H20F2N5O2. The van der Waals surface area contributed by atoms with Crippen LogP contribution >= 0.6 is 0 Å². The number of aliphatic hydroxyl groups is 1. The normalized spacial score (nSPS) is 14.2. The zero-order valence-corrected chi connectivity index (χ0v) is 15.9. The predicted molar refractivity (Wildman–Crippen MR) is 101 cm³/mol. The maximum absolute atomic E-state index is 14.6. The van der Waals surface area contributed by atoms with Crippen LogP contribution in [-0.4, -0.2) is 32.8 Å². The molecule has 2 aromatic carbocycles. The van der Waals surface area contributed by atoms with Gasteiger partial charge in [0.15, 0.2) is 0 Å². The number of hydrogen-bond donors (Lipinski definition) is 3. The fraction of sp³-hybridized carbons (Fsp3) is 0.250.